The van der Waals surface area contributed by atoms with Gasteiger partial charge in [0.25, 0.3) is 0 Å². The number of nitrogens with one attached hydrogen (secondary N) is 1. The summed E-state index contributed by atoms with van der Waals surface area (Å²) in [5.41, 5.74) is 3.28. The molecule has 1 aromatic heterocycles. The van der Waals surface area contributed by atoms with Crippen LogP contribution in [0.25, 0.3) is 0 Å². The number of carbonyl (C=O) groups excluding carboxylic acids is 1. The number of thioether (sulfide) groups is 1. The number of fused-ring (bicyclic) bond motifs is 1. The summed E-state index contributed by atoms with van der Waals surface area (Å²) in [6, 6.07) is 16.7. The highest BCUT2D eigenvalue weighted by molar-refractivity contribution is 8.00. The van der Waals surface area contributed by atoms with Gasteiger partial charge in [-0.25, -0.2) is 4.98 Å². The highest BCUT2D eigenvalue weighted by atomic mass is 32.2. The van der Waals surface area contributed by atoms with E-state index in [2.05, 4.69) is 39.1 Å². The Bertz CT molecular complexity index is 831. The largest absolute Gasteiger partial charge is 0.326 e. The average molecular weight is 321 g/mol. The van der Waals surface area contributed by atoms with E-state index < -0.39 is 0 Å². The molecule has 0 saturated carbocycles. The van der Waals surface area contributed by atoms with Crippen LogP contribution in [0.3, 0.4) is 0 Å². The number of benzene rings is 2. The van der Waals surface area contributed by atoms with E-state index >= 15 is 0 Å². The summed E-state index contributed by atoms with van der Waals surface area (Å²) in [6.45, 7) is 0. The maximum Gasteiger partial charge on any atom is 0.234 e. The third-order valence-electron chi connectivity index (χ3n) is 3.89. The van der Waals surface area contributed by atoms with Gasteiger partial charge in [0.15, 0.2) is 0 Å². The summed E-state index contributed by atoms with van der Waals surface area (Å²) in [5.74, 6) is 0.529. The monoisotopic (exact) mass is 321 g/mol. The molecular formula is C18H15N3OS. The lowest BCUT2D eigenvalue weighted by Crippen LogP contribution is -2.19. The van der Waals surface area contributed by atoms with Crippen LogP contribution in [0.2, 0.25) is 0 Å². The summed E-state index contributed by atoms with van der Waals surface area (Å²) in [6.07, 6.45) is 5.61. The van der Waals surface area contributed by atoms with Gasteiger partial charge in [-0.3, -0.25) is 4.79 Å². The summed E-state index contributed by atoms with van der Waals surface area (Å²) < 4.78 is 2.10. The third kappa shape index (κ3) is 2.75. The van der Waals surface area contributed by atoms with E-state index in [1.165, 1.54) is 11.1 Å². The number of hydrogen-bond acceptors (Lipinski definition) is 3. The predicted molar refractivity (Wildman–Crippen MR) is 91.7 cm³/mol. The van der Waals surface area contributed by atoms with E-state index in [9.17, 15) is 4.79 Å². The second-order valence-corrected chi connectivity index (χ2v) is 6.43. The van der Waals surface area contributed by atoms with E-state index in [4.69, 9.17) is 0 Å². The molecule has 23 heavy (non-hydrogen) atoms. The van der Waals surface area contributed by atoms with Gasteiger partial charge in [0.2, 0.25) is 5.91 Å². The minimum atomic E-state index is 0.0597. The third-order valence-corrected chi connectivity index (χ3v) is 4.95. The molecular weight excluding hydrogens is 306 g/mol. The molecule has 1 aliphatic rings. The van der Waals surface area contributed by atoms with Crippen molar-refractivity contribution in [3.63, 3.8) is 0 Å². The Kier molecular flexibility index (Phi) is 3.63. The van der Waals surface area contributed by atoms with Crippen molar-refractivity contribution in [2.24, 2.45) is 0 Å². The fraction of sp³-hybridized carbons (Fsp3) is 0.111. The van der Waals surface area contributed by atoms with Crippen molar-refractivity contribution in [2.75, 3.05) is 11.1 Å². The van der Waals surface area contributed by atoms with E-state index in [0.717, 1.165) is 10.6 Å². The topological polar surface area (TPSA) is 46.9 Å². The lowest BCUT2D eigenvalue weighted by Gasteiger charge is -2.23. The minimum Gasteiger partial charge on any atom is -0.326 e. The Morgan fingerprint density at radius 2 is 2.00 bits per heavy atom. The SMILES string of the molecule is O=C1CSc2cc(C(c3ccccc3)n3ccnc3)ccc2N1. The van der Waals surface area contributed by atoms with Gasteiger partial charge in [0, 0.05) is 17.3 Å². The molecule has 0 spiro atoms. The van der Waals surface area contributed by atoms with E-state index in [0.29, 0.717) is 5.75 Å². The molecule has 4 rings (SSSR count). The predicted octanol–water partition coefficient (Wildman–Crippen LogP) is 3.57. The fourth-order valence-corrected chi connectivity index (χ4v) is 3.71. The van der Waals surface area contributed by atoms with Crippen molar-refractivity contribution in [2.45, 2.75) is 10.9 Å². The maximum atomic E-state index is 11.5. The molecule has 0 radical (unpaired) electrons. The molecule has 2 aromatic carbocycles. The summed E-state index contributed by atoms with van der Waals surface area (Å²) >= 11 is 1.58. The van der Waals surface area contributed by atoms with Gasteiger partial charge in [-0.05, 0) is 23.3 Å². The number of anilines is 1. The number of carbonyl (C=O) groups is 1. The van der Waals surface area contributed by atoms with Gasteiger partial charge in [0.1, 0.15) is 0 Å². The van der Waals surface area contributed by atoms with Crippen LogP contribution in [0, 0.1) is 0 Å². The molecule has 1 aliphatic heterocycles. The van der Waals surface area contributed by atoms with Crippen molar-refractivity contribution in [1.82, 2.24) is 9.55 Å². The Labute approximate surface area is 138 Å². The molecule has 1 amide bonds. The smallest absolute Gasteiger partial charge is 0.234 e. The summed E-state index contributed by atoms with van der Waals surface area (Å²) in [7, 11) is 0. The Morgan fingerprint density at radius 3 is 2.78 bits per heavy atom. The van der Waals surface area contributed by atoms with E-state index in [1.807, 2.05) is 36.8 Å². The molecule has 1 atom stereocenters. The second kappa shape index (κ2) is 5.93. The molecule has 0 bridgehead atoms. The van der Waals surface area contributed by atoms with Crippen LogP contribution in [-0.4, -0.2) is 21.2 Å². The lowest BCUT2D eigenvalue weighted by atomic mass is 9.98. The quantitative estimate of drug-likeness (QED) is 0.802. The molecule has 0 saturated heterocycles. The molecule has 1 unspecified atom stereocenters. The lowest BCUT2D eigenvalue weighted by molar-refractivity contribution is -0.113. The first-order valence-electron chi connectivity index (χ1n) is 7.40. The van der Waals surface area contributed by atoms with Crippen LogP contribution < -0.4 is 5.32 Å². The van der Waals surface area contributed by atoms with E-state index in [1.54, 1.807) is 18.0 Å². The Balaban J connectivity index is 1.80. The van der Waals surface area contributed by atoms with E-state index in [-0.39, 0.29) is 11.9 Å². The summed E-state index contributed by atoms with van der Waals surface area (Å²) in [4.78, 5) is 16.8. The van der Waals surface area contributed by atoms with Crippen molar-refractivity contribution < 1.29 is 4.79 Å². The van der Waals surface area contributed by atoms with Crippen molar-refractivity contribution in [1.29, 1.82) is 0 Å². The first-order chi connectivity index (χ1) is 11.3. The first-order valence-corrected chi connectivity index (χ1v) is 8.39. The van der Waals surface area contributed by atoms with Gasteiger partial charge < -0.3 is 9.88 Å². The molecule has 4 nitrogen and oxygen atoms in total. The van der Waals surface area contributed by atoms with Gasteiger partial charge in [-0.1, -0.05) is 36.4 Å². The van der Waals surface area contributed by atoms with Crippen LogP contribution in [0.5, 0.6) is 0 Å². The van der Waals surface area contributed by atoms with Crippen LogP contribution in [-0.2, 0) is 4.79 Å². The van der Waals surface area contributed by atoms with Gasteiger partial charge in [-0.15, -0.1) is 11.8 Å². The van der Waals surface area contributed by atoms with Crippen LogP contribution >= 0.6 is 11.8 Å². The van der Waals surface area contributed by atoms with Crippen molar-refractivity contribution in [3.8, 4) is 0 Å². The Morgan fingerprint density at radius 1 is 1.13 bits per heavy atom. The standard InChI is InChI=1S/C18H15N3OS/c22-17-11-23-16-10-14(6-7-15(16)20-17)18(21-9-8-19-12-21)13-4-2-1-3-5-13/h1-10,12,18H,11H2,(H,20,22). The zero-order chi connectivity index (χ0) is 15.6. The fourth-order valence-electron chi connectivity index (χ4n) is 2.86. The van der Waals surface area contributed by atoms with Crippen LogP contribution in [0.4, 0.5) is 5.69 Å². The van der Waals surface area contributed by atoms with Crippen molar-refractivity contribution >= 4 is 23.4 Å². The molecule has 0 fully saturated rings. The summed E-state index contributed by atoms with van der Waals surface area (Å²) in [5, 5.41) is 2.92. The number of aromatic nitrogens is 2. The first kappa shape index (κ1) is 14.1. The van der Waals surface area contributed by atoms with Crippen molar-refractivity contribution in [3.05, 3.63) is 78.4 Å². The molecule has 2 heterocycles. The highest BCUT2D eigenvalue weighted by Crippen LogP contribution is 2.36. The van der Waals surface area contributed by atoms with Gasteiger partial charge in [0.05, 0.1) is 23.8 Å². The average Bonchev–Trinajstić information content (AvgIpc) is 3.10. The van der Waals surface area contributed by atoms with Crippen LogP contribution in [0.1, 0.15) is 17.2 Å². The number of hydrogen-bond donors (Lipinski definition) is 1. The van der Waals surface area contributed by atoms with Gasteiger partial charge >= 0.3 is 0 Å². The molecule has 0 aliphatic carbocycles. The normalized spacial score (nSPS) is 14.9. The minimum absolute atomic E-state index is 0.0597. The number of rotatable bonds is 3. The number of nitrogens with zero attached hydrogens (tertiary/aromatic N) is 2. The number of imidazole rings is 1. The zero-order valence-electron chi connectivity index (χ0n) is 12.3. The zero-order valence-corrected chi connectivity index (χ0v) is 13.2. The van der Waals surface area contributed by atoms with Gasteiger partial charge in [-0.2, -0.15) is 0 Å². The molecule has 5 heteroatoms. The Hall–Kier alpha value is -2.53. The second-order valence-electron chi connectivity index (χ2n) is 5.42. The number of amides is 1. The highest BCUT2D eigenvalue weighted by Gasteiger charge is 2.20. The molecule has 3 aromatic rings. The maximum absolute atomic E-state index is 11.5. The molecule has 1 N–H and O–H groups in total. The van der Waals surface area contributed by atoms with Crippen LogP contribution in [0.15, 0.2) is 72.1 Å². The molecule has 114 valence electrons.